The van der Waals surface area contributed by atoms with Crippen LogP contribution in [-0.4, -0.2) is 11.9 Å². The molecule has 0 aliphatic heterocycles. The second-order valence-corrected chi connectivity index (χ2v) is 3.24. The Morgan fingerprint density at radius 3 is 2.62 bits per heavy atom. The minimum atomic E-state index is -0.681. The molecule has 0 radical (unpaired) electrons. The molecule has 0 heterocycles. The number of hydrogen-bond acceptors (Lipinski definition) is 2. The van der Waals surface area contributed by atoms with E-state index in [1.165, 1.54) is 13.0 Å². The number of carbonyl (C=O) groups is 1. The van der Waals surface area contributed by atoms with Crippen LogP contribution in [0.5, 0.6) is 0 Å². The summed E-state index contributed by atoms with van der Waals surface area (Å²) >= 11 is 0. The van der Waals surface area contributed by atoms with Crippen molar-refractivity contribution in [2.75, 3.05) is 0 Å². The molecule has 90 valence electrons. The molecule has 1 rings (SSSR count). The van der Waals surface area contributed by atoms with E-state index in [4.69, 9.17) is 5.73 Å². The van der Waals surface area contributed by atoms with Crippen LogP contribution in [0, 0.1) is 11.6 Å². The number of nitrogens with one attached hydrogen (secondary N) is 1. The van der Waals surface area contributed by atoms with E-state index in [1.807, 2.05) is 0 Å². The Balaban J connectivity index is 0.00000225. The van der Waals surface area contributed by atoms with Gasteiger partial charge in [-0.1, -0.05) is 6.07 Å². The average Bonchev–Trinajstić information content (AvgIpc) is 2.15. The second kappa shape index (κ2) is 6.40. The van der Waals surface area contributed by atoms with Crippen LogP contribution in [0.4, 0.5) is 8.78 Å². The highest BCUT2D eigenvalue weighted by Gasteiger charge is 2.08. The van der Waals surface area contributed by atoms with Gasteiger partial charge in [0.1, 0.15) is 11.6 Å². The molecule has 0 aromatic heterocycles. The molecular weight excluding hydrogens is 238 g/mol. The van der Waals surface area contributed by atoms with Gasteiger partial charge in [0.15, 0.2) is 0 Å². The van der Waals surface area contributed by atoms with Crippen LogP contribution in [0.3, 0.4) is 0 Å². The molecule has 0 fully saturated rings. The summed E-state index contributed by atoms with van der Waals surface area (Å²) in [5.41, 5.74) is 5.52. The van der Waals surface area contributed by atoms with Crippen molar-refractivity contribution >= 4 is 18.3 Å². The number of benzene rings is 1. The third-order valence-electron chi connectivity index (χ3n) is 1.88. The van der Waals surface area contributed by atoms with Crippen molar-refractivity contribution in [1.82, 2.24) is 5.32 Å². The molecule has 0 saturated heterocycles. The quantitative estimate of drug-likeness (QED) is 0.851. The van der Waals surface area contributed by atoms with Gasteiger partial charge < -0.3 is 11.1 Å². The molecule has 16 heavy (non-hydrogen) atoms. The predicted molar refractivity (Wildman–Crippen MR) is 59.1 cm³/mol. The van der Waals surface area contributed by atoms with Crippen molar-refractivity contribution in [3.8, 4) is 0 Å². The summed E-state index contributed by atoms with van der Waals surface area (Å²) in [6.45, 7) is 1.53. The van der Waals surface area contributed by atoms with Crippen molar-refractivity contribution in [1.29, 1.82) is 0 Å². The van der Waals surface area contributed by atoms with Gasteiger partial charge in [-0.15, -0.1) is 12.4 Å². The van der Waals surface area contributed by atoms with Crippen molar-refractivity contribution in [2.24, 2.45) is 5.73 Å². The minimum absolute atomic E-state index is 0. The zero-order valence-electron chi connectivity index (χ0n) is 8.67. The first-order chi connectivity index (χ1) is 7.00. The Morgan fingerprint density at radius 1 is 1.50 bits per heavy atom. The maximum Gasteiger partial charge on any atom is 0.236 e. The number of nitrogens with two attached hydrogens (primary N) is 1. The molecule has 0 bridgehead atoms. The van der Waals surface area contributed by atoms with E-state index in [-0.39, 0.29) is 30.4 Å². The first-order valence-corrected chi connectivity index (χ1v) is 4.48. The van der Waals surface area contributed by atoms with Crippen LogP contribution in [0.15, 0.2) is 18.2 Å². The largest absolute Gasteiger partial charge is 0.351 e. The molecule has 3 N–H and O–H groups in total. The van der Waals surface area contributed by atoms with Gasteiger partial charge in [0.25, 0.3) is 0 Å². The van der Waals surface area contributed by atoms with Crippen molar-refractivity contribution in [2.45, 2.75) is 19.5 Å². The predicted octanol–water partition coefficient (Wildman–Crippen LogP) is 1.35. The highest BCUT2D eigenvalue weighted by molar-refractivity contribution is 5.85. The highest BCUT2D eigenvalue weighted by atomic mass is 35.5. The number of amides is 1. The maximum absolute atomic E-state index is 13.1. The zero-order valence-corrected chi connectivity index (χ0v) is 9.48. The first kappa shape index (κ1) is 14.8. The van der Waals surface area contributed by atoms with E-state index in [2.05, 4.69) is 5.32 Å². The van der Waals surface area contributed by atoms with Crippen molar-refractivity contribution < 1.29 is 13.6 Å². The molecule has 0 aliphatic carbocycles. The van der Waals surface area contributed by atoms with Gasteiger partial charge in [-0.05, 0) is 13.0 Å². The number of rotatable bonds is 3. The van der Waals surface area contributed by atoms with Gasteiger partial charge in [0.2, 0.25) is 5.91 Å². The van der Waals surface area contributed by atoms with Gasteiger partial charge >= 0.3 is 0 Å². The molecule has 1 amide bonds. The summed E-state index contributed by atoms with van der Waals surface area (Å²) in [4.78, 5) is 11.1. The number of halogens is 3. The molecule has 0 aliphatic rings. The van der Waals surface area contributed by atoms with Gasteiger partial charge in [-0.25, -0.2) is 8.78 Å². The smallest absolute Gasteiger partial charge is 0.236 e. The molecule has 0 saturated carbocycles. The minimum Gasteiger partial charge on any atom is -0.351 e. The molecule has 0 unspecified atom stereocenters. The standard InChI is InChI=1S/C10H12F2N2O.ClH/c1-6(13)10(15)14-5-7-2-3-8(11)4-9(7)12;/h2-4,6H,5,13H2,1H3,(H,14,15);1H/t6-;/m1./s1. The van der Waals surface area contributed by atoms with E-state index >= 15 is 0 Å². The Labute approximate surface area is 98.4 Å². The summed E-state index contributed by atoms with van der Waals surface area (Å²) in [5.74, 6) is -1.70. The van der Waals surface area contributed by atoms with E-state index < -0.39 is 17.7 Å². The first-order valence-electron chi connectivity index (χ1n) is 4.48. The third-order valence-corrected chi connectivity index (χ3v) is 1.88. The molecule has 0 spiro atoms. The summed E-state index contributed by atoms with van der Waals surface area (Å²) in [6.07, 6.45) is 0. The third kappa shape index (κ3) is 4.12. The van der Waals surface area contributed by atoms with Crippen LogP contribution in [-0.2, 0) is 11.3 Å². The van der Waals surface area contributed by atoms with Crippen LogP contribution in [0.2, 0.25) is 0 Å². The van der Waals surface area contributed by atoms with Gasteiger partial charge in [-0.2, -0.15) is 0 Å². The van der Waals surface area contributed by atoms with Crippen LogP contribution in [0.25, 0.3) is 0 Å². The lowest BCUT2D eigenvalue weighted by atomic mass is 10.2. The van der Waals surface area contributed by atoms with E-state index in [0.29, 0.717) is 0 Å². The second-order valence-electron chi connectivity index (χ2n) is 3.24. The van der Waals surface area contributed by atoms with Gasteiger partial charge in [-0.3, -0.25) is 4.79 Å². The molecule has 6 heteroatoms. The fourth-order valence-electron chi connectivity index (χ4n) is 1.01. The van der Waals surface area contributed by atoms with Crippen molar-refractivity contribution in [3.63, 3.8) is 0 Å². The van der Waals surface area contributed by atoms with Gasteiger partial charge in [0, 0.05) is 18.2 Å². The fraction of sp³-hybridized carbons (Fsp3) is 0.300. The summed E-state index contributed by atoms with van der Waals surface area (Å²) in [7, 11) is 0. The number of hydrogen-bond donors (Lipinski definition) is 2. The summed E-state index contributed by atoms with van der Waals surface area (Å²) in [6, 6.07) is 2.55. The van der Waals surface area contributed by atoms with E-state index in [9.17, 15) is 13.6 Å². The highest BCUT2D eigenvalue weighted by Crippen LogP contribution is 2.08. The van der Waals surface area contributed by atoms with Gasteiger partial charge in [0.05, 0.1) is 6.04 Å². The van der Waals surface area contributed by atoms with Crippen LogP contribution >= 0.6 is 12.4 Å². The Bertz CT molecular complexity index is 372. The van der Waals surface area contributed by atoms with E-state index in [1.54, 1.807) is 0 Å². The SMILES string of the molecule is C[C@@H](N)C(=O)NCc1ccc(F)cc1F.Cl. The lowest BCUT2D eigenvalue weighted by molar-refractivity contribution is -0.122. The normalized spacial score (nSPS) is 11.5. The maximum atomic E-state index is 13.1. The molecule has 1 atom stereocenters. The topological polar surface area (TPSA) is 55.1 Å². The Morgan fingerprint density at radius 2 is 2.12 bits per heavy atom. The number of carbonyl (C=O) groups excluding carboxylic acids is 1. The summed E-state index contributed by atoms with van der Waals surface area (Å²) < 4.78 is 25.6. The molecule has 1 aromatic carbocycles. The fourth-order valence-corrected chi connectivity index (χ4v) is 1.01. The van der Waals surface area contributed by atoms with Crippen LogP contribution < -0.4 is 11.1 Å². The van der Waals surface area contributed by atoms with Crippen molar-refractivity contribution in [3.05, 3.63) is 35.4 Å². The summed E-state index contributed by atoms with van der Waals surface area (Å²) in [5, 5.41) is 2.43. The lowest BCUT2D eigenvalue weighted by Crippen LogP contribution is -2.37. The monoisotopic (exact) mass is 250 g/mol. The Hall–Kier alpha value is -1.20. The molecule has 1 aromatic rings. The zero-order chi connectivity index (χ0) is 11.4. The molecule has 3 nitrogen and oxygen atoms in total. The van der Waals surface area contributed by atoms with Crippen LogP contribution in [0.1, 0.15) is 12.5 Å². The Kier molecular flexibility index (Phi) is 5.92. The lowest BCUT2D eigenvalue weighted by Gasteiger charge is -2.08. The molecular formula is C10H13ClF2N2O. The van der Waals surface area contributed by atoms with E-state index in [0.717, 1.165) is 12.1 Å². The average molecular weight is 251 g/mol.